The zero-order valence-corrected chi connectivity index (χ0v) is 9.92. The van der Waals surface area contributed by atoms with Crippen LogP contribution in [0.1, 0.15) is 18.1 Å². The molecule has 6 nitrogen and oxygen atoms in total. The summed E-state index contributed by atoms with van der Waals surface area (Å²) in [7, 11) is 0. The number of ether oxygens (including phenoxy) is 2. The molecule has 0 saturated heterocycles. The number of fused-ring (bicyclic) bond motifs is 1. The first kappa shape index (κ1) is 12.9. The molecule has 1 heterocycles. The Morgan fingerprint density at radius 3 is 2.56 bits per heavy atom. The highest BCUT2D eigenvalue weighted by Gasteiger charge is 2.26. The van der Waals surface area contributed by atoms with Crippen molar-refractivity contribution in [3.8, 4) is 11.5 Å². The lowest BCUT2D eigenvalue weighted by atomic mass is 10.0. The first-order valence-electron chi connectivity index (χ1n) is 5.16. The molecule has 0 bridgehead atoms. The van der Waals surface area contributed by atoms with E-state index in [4.69, 9.17) is 26.2 Å². The lowest BCUT2D eigenvalue weighted by molar-refractivity contribution is -0.141. The summed E-state index contributed by atoms with van der Waals surface area (Å²) >= 11 is 5.93. The van der Waals surface area contributed by atoms with Gasteiger partial charge in [-0.25, -0.2) is 0 Å². The molecule has 2 rings (SSSR count). The molecule has 1 aromatic rings. The van der Waals surface area contributed by atoms with Crippen LogP contribution in [-0.2, 0) is 4.79 Å². The van der Waals surface area contributed by atoms with Gasteiger partial charge in [-0.2, -0.15) is 0 Å². The van der Waals surface area contributed by atoms with Crippen molar-refractivity contribution in [3.05, 3.63) is 22.7 Å². The Labute approximate surface area is 107 Å². The van der Waals surface area contributed by atoms with Gasteiger partial charge in [0.1, 0.15) is 6.10 Å². The molecular weight excluding hydrogens is 264 g/mol. The molecule has 1 aliphatic heterocycles. The second kappa shape index (κ2) is 5.01. The van der Waals surface area contributed by atoms with Crippen molar-refractivity contribution < 1.29 is 29.6 Å². The van der Waals surface area contributed by atoms with Gasteiger partial charge >= 0.3 is 5.97 Å². The van der Waals surface area contributed by atoms with Gasteiger partial charge < -0.3 is 24.8 Å². The average Bonchev–Trinajstić information content (AvgIpc) is 2.72. The lowest BCUT2D eigenvalue weighted by Crippen LogP contribution is -2.22. The summed E-state index contributed by atoms with van der Waals surface area (Å²) in [5.41, 5.74) is 0.203. The van der Waals surface area contributed by atoms with E-state index >= 15 is 0 Å². The summed E-state index contributed by atoms with van der Waals surface area (Å²) in [4.78, 5) is 10.5. The highest BCUT2D eigenvalue weighted by atomic mass is 35.5. The molecule has 0 saturated carbocycles. The number of aliphatic hydroxyl groups is 2. The third-order valence-electron chi connectivity index (χ3n) is 2.56. The molecule has 7 heteroatoms. The summed E-state index contributed by atoms with van der Waals surface area (Å²) in [5, 5.41) is 28.1. The first-order chi connectivity index (χ1) is 8.49. The maximum absolute atomic E-state index is 10.5. The van der Waals surface area contributed by atoms with Crippen LogP contribution in [0.5, 0.6) is 11.5 Å². The van der Waals surface area contributed by atoms with E-state index in [1.807, 2.05) is 0 Å². The van der Waals surface area contributed by atoms with Crippen molar-refractivity contribution in [3.63, 3.8) is 0 Å². The van der Waals surface area contributed by atoms with Gasteiger partial charge in [0.2, 0.25) is 6.79 Å². The Morgan fingerprint density at radius 1 is 1.33 bits per heavy atom. The predicted molar refractivity (Wildman–Crippen MR) is 60.8 cm³/mol. The number of hydrogen-bond acceptors (Lipinski definition) is 5. The number of benzene rings is 1. The molecule has 0 spiro atoms. The third kappa shape index (κ3) is 2.50. The SMILES string of the molecule is O=C(O)CC(O)C(O)c1cc2c(cc1Cl)OCO2. The van der Waals surface area contributed by atoms with Crippen LogP contribution < -0.4 is 9.47 Å². The highest BCUT2D eigenvalue weighted by Crippen LogP contribution is 2.39. The smallest absolute Gasteiger partial charge is 0.306 e. The van der Waals surface area contributed by atoms with Gasteiger partial charge in [0, 0.05) is 11.6 Å². The number of rotatable bonds is 4. The zero-order chi connectivity index (χ0) is 13.3. The van der Waals surface area contributed by atoms with Crippen LogP contribution >= 0.6 is 11.6 Å². The lowest BCUT2D eigenvalue weighted by Gasteiger charge is -2.18. The summed E-state index contributed by atoms with van der Waals surface area (Å²) in [5.74, 6) is -0.363. The molecule has 98 valence electrons. The molecular formula is C11H11ClO6. The van der Waals surface area contributed by atoms with Crippen LogP contribution in [0, 0.1) is 0 Å². The molecule has 0 fully saturated rings. The summed E-state index contributed by atoms with van der Waals surface area (Å²) in [6.07, 6.45) is -3.42. The van der Waals surface area contributed by atoms with E-state index in [2.05, 4.69) is 0 Å². The fourth-order valence-corrected chi connectivity index (χ4v) is 1.92. The number of halogens is 1. The van der Waals surface area contributed by atoms with Crippen molar-refractivity contribution in [2.75, 3.05) is 6.79 Å². The quantitative estimate of drug-likeness (QED) is 0.756. The molecule has 3 N–H and O–H groups in total. The van der Waals surface area contributed by atoms with Crippen molar-refractivity contribution in [1.29, 1.82) is 0 Å². The Bertz CT molecular complexity index is 475. The molecule has 0 radical (unpaired) electrons. The van der Waals surface area contributed by atoms with Gasteiger partial charge in [-0.15, -0.1) is 0 Å². The minimum atomic E-state index is -1.44. The minimum absolute atomic E-state index is 0.0584. The number of aliphatic carboxylic acids is 1. The molecule has 0 amide bonds. The first-order valence-corrected chi connectivity index (χ1v) is 5.54. The normalized spacial score (nSPS) is 16.4. The van der Waals surface area contributed by atoms with E-state index < -0.39 is 24.6 Å². The third-order valence-corrected chi connectivity index (χ3v) is 2.89. The topological polar surface area (TPSA) is 96.2 Å². The monoisotopic (exact) mass is 274 g/mol. The minimum Gasteiger partial charge on any atom is -0.481 e. The van der Waals surface area contributed by atoms with Crippen molar-refractivity contribution in [1.82, 2.24) is 0 Å². The van der Waals surface area contributed by atoms with Crippen LogP contribution in [-0.4, -0.2) is 34.2 Å². The predicted octanol–water partition coefficient (Wildman–Crippen LogP) is 0.938. The fourth-order valence-electron chi connectivity index (χ4n) is 1.66. The second-order valence-corrected chi connectivity index (χ2v) is 4.24. The van der Waals surface area contributed by atoms with Crippen LogP contribution in [0.4, 0.5) is 0 Å². The molecule has 1 aliphatic rings. The molecule has 2 atom stereocenters. The number of hydrogen-bond donors (Lipinski definition) is 3. The molecule has 0 aromatic heterocycles. The summed E-state index contributed by atoms with van der Waals surface area (Å²) in [6, 6.07) is 2.89. The maximum Gasteiger partial charge on any atom is 0.306 e. The van der Waals surface area contributed by atoms with E-state index in [0.717, 1.165) is 0 Å². The average molecular weight is 275 g/mol. The van der Waals surface area contributed by atoms with Crippen molar-refractivity contribution in [2.45, 2.75) is 18.6 Å². The summed E-state index contributed by atoms with van der Waals surface area (Å²) in [6.45, 7) is 0.0584. The number of carboxylic acid groups (broad SMARTS) is 1. The van der Waals surface area contributed by atoms with Gasteiger partial charge in [-0.05, 0) is 6.07 Å². The van der Waals surface area contributed by atoms with E-state index in [0.29, 0.717) is 11.5 Å². The van der Waals surface area contributed by atoms with Gasteiger partial charge in [-0.3, -0.25) is 4.79 Å². The van der Waals surface area contributed by atoms with Crippen LogP contribution in [0.15, 0.2) is 12.1 Å². The van der Waals surface area contributed by atoms with Crippen LogP contribution in [0.3, 0.4) is 0 Å². The fraction of sp³-hybridized carbons (Fsp3) is 0.364. The van der Waals surface area contributed by atoms with Gasteiger partial charge in [0.25, 0.3) is 0 Å². The number of carbonyl (C=O) groups is 1. The Kier molecular flexibility index (Phi) is 3.60. The van der Waals surface area contributed by atoms with Gasteiger partial charge in [-0.1, -0.05) is 11.6 Å². The Hall–Kier alpha value is -1.50. The van der Waals surface area contributed by atoms with Crippen LogP contribution in [0.2, 0.25) is 5.02 Å². The number of aliphatic hydroxyl groups excluding tert-OH is 2. The van der Waals surface area contributed by atoms with Crippen molar-refractivity contribution >= 4 is 17.6 Å². The molecule has 1 aromatic carbocycles. The molecule has 18 heavy (non-hydrogen) atoms. The maximum atomic E-state index is 10.5. The summed E-state index contributed by atoms with van der Waals surface area (Å²) < 4.78 is 10.2. The van der Waals surface area contributed by atoms with E-state index in [-0.39, 0.29) is 17.4 Å². The van der Waals surface area contributed by atoms with Gasteiger partial charge in [0.05, 0.1) is 17.5 Å². The molecule has 2 unspecified atom stereocenters. The largest absolute Gasteiger partial charge is 0.481 e. The second-order valence-electron chi connectivity index (χ2n) is 3.84. The molecule has 0 aliphatic carbocycles. The standard InChI is InChI=1S/C11H11ClO6/c12-6-2-9-8(17-4-18-9)1-5(6)11(16)7(13)3-10(14)15/h1-2,7,11,13,16H,3-4H2,(H,14,15). The van der Waals surface area contributed by atoms with E-state index in [1.54, 1.807) is 0 Å². The zero-order valence-electron chi connectivity index (χ0n) is 9.17. The number of carboxylic acids is 1. The Morgan fingerprint density at radius 2 is 1.94 bits per heavy atom. The highest BCUT2D eigenvalue weighted by molar-refractivity contribution is 6.31. The van der Waals surface area contributed by atoms with Crippen LogP contribution in [0.25, 0.3) is 0 Å². The van der Waals surface area contributed by atoms with E-state index in [1.165, 1.54) is 12.1 Å². The Balaban J connectivity index is 2.25. The van der Waals surface area contributed by atoms with Gasteiger partial charge in [0.15, 0.2) is 11.5 Å². The van der Waals surface area contributed by atoms with E-state index in [9.17, 15) is 15.0 Å². The van der Waals surface area contributed by atoms with Crippen molar-refractivity contribution in [2.24, 2.45) is 0 Å².